The second-order valence-electron chi connectivity index (χ2n) is 12.2. The molecule has 1 N–H and O–H groups in total. The van der Waals surface area contributed by atoms with E-state index in [-0.39, 0.29) is 19.2 Å². The Balaban J connectivity index is 3.69. The third kappa shape index (κ3) is 40.8. The lowest BCUT2D eigenvalue weighted by molar-refractivity contribution is -0.154. The van der Waals surface area contributed by atoms with Crippen molar-refractivity contribution in [3.63, 3.8) is 0 Å². The van der Waals surface area contributed by atoms with Crippen molar-refractivity contribution < 1.29 is 19.4 Å². The van der Waals surface area contributed by atoms with Gasteiger partial charge in [-0.25, -0.2) is 0 Å². The van der Waals surface area contributed by atoms with Gasteiger partial charge in [0.2, 0.25) is 0 Å². The first-order chi connectivity index (χ1) is 25.2. The zero-order valence-corrected chi connectivity index (χ0v) is 32.3. The minimum atomic E-state index is -0.591. The summed E-state index contributed by atoms with van der Waals surface area (Å²) in [7, 11) is 0. The van der Waals surface area contributed by atoms with Crippen LogP contribution in [0.3, 0.4) is 0 Å². The fourth-order valence-corrected chi connectivity index (χ4v) is 4.60. The molecule has 1 atom stereocenters. The number of unbranched alkanes of at least 4 members (excludes halogenated alkanes) is 4. The van der Waals surface area contributed by atoms with Crippen molar-refractivity contribution in [1.29, 1.82) is 0 Å². The molecule has 0 saturated heterocycles. The van der Waals surface area contributed by atoms with E-state index in [1.54, 1.807) is 0 Å². The molecule has 0 fully saturated rings. The van der Waals surface area contributed by atoms with Crippen LogP contribution in [0.25, 0.3) is 0 Å². The molecule has 0 saturated carbocycles. The van der Waals surface area contributed by atoms with Crippen LogP contribution in [-0.4, -0.2) is 37.0 Å². The van der Waals surface area contributed by atoms with Crippen molar-refractivity contribution in [1.82, 2.24) is 0 Å². The maximum atomic E-state index is 12.2. The van der Waals surface area contributed by atoms with E-state index in [0.29, 0.717) is 13.0 Å². The maximum absolute atomic E-state index is 12.2. The van der Waals surface area contributed by atoms with Crippen LogP contribution >= 0.6 is 0 Å². The van der Waals surface area contributed by atoms with Crippen LogP contribution in [0.5, 0.6) is 0 Å². The topological polar surface area (TPSA) is 55.8 Å². The van der Waals surface area contributed by atoms with Gasteiger partial charge in [-0.1, -0.05) is 154 Å². The van der Waals surface area contributed by atoms with Gasteiger partial charge < -0.3 is 14.6 Å². The lowest BCUT2D eigenvalue weighted by Crippen LogP contribution is -2.27. The first-order valence-electron chi connectivity index (χ1n) is 19.8. The van der Waals surface area contributed by atoms with Gasteiger partial charge in [0.1, 0.15) is 6.10 Å². The Morgan fingerprint density at radius 3 is 1.20 bits per heavy atom. The molecular formula is C47H72O4. The summed E-state index contributed by atoms with van der Waals surface area (Å²) in [5.74, 6) is -0.259. The highest BCUT2D eigenvalue weighted by molar-refractivity contribution is 5.69. The molecule has 0 spiro atoms. The Kier molecular flexibility index (Phi) is 39.8. The van der Waals surface area contributed by atoms with Crippen molar-refractivity contribution in [3.05, 3.63) is 134 Å². The average Bonchev–Trinajstić information content (AvgIpc) is 3.14. The quantitative estimate of drug-likeness (QED) is 0.0412. The van der Waals surface area contributed by atoms with Gasteiger partial charge in [0, 0.05) is 13.0 Å². The molecule has 0 rings (SSSR count). The van der Waals surface area contributed by atoms with Gasteiger partial charge in [-0.3, -0.25) is 4.79 Å². The Morgan fingerprint density at radius 1 is 0.471 bits per heavy atom. The molecule has 0 heterocycles. The van der Waals surface area contributed by atoms with Gasteiger partial charge >= 0.3 is 5.97 Å². The zero-order valence-electron chi connectivity index (χ0n) is 32.3. The van der Waals surface area contributed by atoms with Crippen LogP contribution in [0.2, 0.25) is 0 Å². The molecule has 1 unspecified atom stereocenters. The summed E-state index contributed by atoms with van der Waals surface area (Å²) < 4.78 is 11.0. The molecule has 0 aromatic rings. The number of esters is 1. The molecule has 4 heteroatoms. The Labute approximate surface area is 313 Å². The van der Waals surface area contributed by atoms with Gasteiger partial charge in [-0.15, -0.1) is 0 Å². The fraction of sp³-hybridized carbons (Fsp3) is 0.511. The summed E-state index contributed by atoms with van der Waals surface area (Å²) >= 11 is 0. The molecule has 4 nitrogen and oxygen atoms in total. The summed E-state index contributed by atoms with van der Waals surface area (Å²) in [5, 5.41) is 9.56. The smallest absolute Gasteiger partial charge is 0.306 e. The fourth-order valence-electron chi connectivity index (χ4n) is 4.60. The number of aliphatic hydroxyl groups is 1. The molecule has 0 aromatic heterocycles. The second kappa shape index (κ2) is 42.7. The summed E-state index contributed by atoms with van der Waals surface area (Å²) in [6.45, 7) is 4.90. The normalized spacial score (nSPS) is 13.9. The Hall–Kier alpha value is -3.47. The van der Waals surface area contributed by atoms with Crippen molar-refractivity contribution in [2.45, 2.75) is 136 Å². The minimum Gasteiger partial charge on any atom is -0.457 e. The number of aliphatic hydroxyl groups excluding tert-OH is 1. The third-order valence-electron chi connectivity index (χ3n) is 7.47. The first-order valence-corrected chi connectivity index (χ1v) is 19.8. The molecule has 0 amide bonds. The highest BCUT2D eigenvalue weighted by Gasteiger charge is 2.13. The highest BCUT2D eigenvalue weighted by Crippen LogP contribution is 2.07. The summed E-state index contributed by atoms with van der Waals surface area (Å²) in [6, 6.07) is 0. The van der Waals surface area contributed by atoms with E-state index in [2.05, 4.69) is 148 Å². The summed E-state index contributed by atoms with van der Waals surface area (Å²) in [6.07, 6.45) is 65.1. The van der Waals surface area contributed by atoms with Gasteiger partial charge in [0.05, 0.1) is 13.2 Å². The van der Waals surface area contributed by atoms with E-state index in [0.717, 1.165) is 109 Å². The Bertz CT molecular complexity index is 1090. The second-order valence-corrected chi connectivity index (χ2v) is 12.2. The van der Waals surface area contributed by atoms with Crippen LogP contribution in [0, 0.1) is 0 Å². The van der Waals surface area contributed by atoms with E-state index < -0.39 is 6.10 Å². The summed E-state index contributed by atoms with van der Waals surface area (Å²) in [4.78, 5) is 12.2. The van der Waals surface area contributed by atoms with Crippen LogP contribution in [-0.2, 0) is 14.3 Å². The predicted octanol–water partition coefficient (Wildman–Crippen LogP) is 13.1. The standard InChI is InChI=1S/C47H72O4/c1-3-5-7-9-11-13-15-17-19-20-21-22-23-24-25-26-27-28-29-30-32-34-36-38-40-42-47(49)51-46(44-48)45-50-43-41-39-37-35-33-31-18-16-14-12-10-8-6-4-2/h5-8,11-14,17-19,21-22,24-25,27-28,30-32,35,37,46,48H,3-4,9-10,15-16,20,23,26,29,33-34,36,38-45H2,1-2H3/b7-5-,8-6-,13-11-,14-12-,19-17-,22-21-,25-24-,28-27-,31-18-,32-30-,37-35-. The van der Waals surface area contributed by atoms with Gasteiger partial charge in [-0.2, -0.15) is 0 Å². The molecule has 0 aliphatic heterocycles. The van der Waals surface area contributed by atoms with Crippen molar-refractivity contribution >= 4 is 5.97 Å². The summed E-state index contributed by atoms with van der Waals surface area (Å²) in [5.41, 5.74) is 0. The SMILES string of the molecule is CC/C=C\C/C=C\C/C=C\C/C=C\C/C=C\C/C=C\C/C=C\CCCCCC(=O)OC(CO)COCCC/C=C\C/C=C\C/C=C\C/C=C\CC. The van der Waals surface area contributed by atoms with E-state index in [1.807, 2.05) is 0 Å². The number of allylic oxidation sites excluding steroid dienone is 22. The zero-order chi connectivity index (χ0) is 37.0. The molecule has 0 bridgehead atoms. The van der Waals surface area contributed by atoms with E-state index in [4.69, 9.17) is 9.47 Å². The largest absolute Gasteiger partial charge is 0.457 e. The van der Waals surface area contributed by atoms with Crippen LogP contribution < -0.4 is 0 Å². The molecule has 51 heavy (non-hydrogen) atoms. The molecule has 0 aliphatic carbocycles. The number of carbonyl (C=O) groups excluding carboxylic acids is 1. The monoisotopic (exact) mass is 701 g/mol. The van der Waals surface area contributed by atoms with Crippen molar-refractivity contribution in [2.24, 2.45) is 0 Å². The molecular weight excluding hydrogens is 629 g/mol. The highest BCUT2D eigenvalue weighted by atomic mass is 16.6. The van der Waals surface area contributed by atoms with Crippen LogP contribution in [0.4, 0.5) is 0 Å². The lowest BCUT2D eigenvalue weighted by Gasteiger charge is -2.15. The number of carbonyl (C=O) groups is 1. The maximum Gasteiger partial charge on any atom is 0.306 e. The molecule has 284 valence electrons. The van der Waals surface area contributed by atoms with Crippen molar-refractivity contribution in [3.8, 4) is 0 Å². The lowest BCUT2D eigenvalue weighted by atomic mass is 10.1. The van der Waals surface area contributed by atoms with Crippen molar-refractivity contribution in [2.75, 3.05) is 19.8 Å². The molecule has 0 radical (unpaired) electrons. The van der Waals surface area contributed by atoms with Crippen LogP contribution in [0.1, 0.15) is 129 Å². The van der Waals surface area contributed by atoms with Gasteiger partial charge in [0.15, 0.2) is 0 Å². The molecule has 0 aromatic carbocycles. The first kappa shape index (κ1) is 47.5. The number of hydrogen-bond donors (Lipinski definition) is 1. The average molecular weight is 701 g/mol. The third-order valence-corrected chi connectivity index (χ3v) is 7.47. The van der Waals surface area contributed by atoms with E-state index in [9.17, 15) is 9.90 Å². The van der Waals surface area contributed by atoms with E-state index in [1.165, 1.54) is 0 Å². The predicted molar refractivity (Wildman–Crippen MR) is 223 cm³/mol. The molecule has 0 aliphatic rings. The number of ether oxygens (including phenoxy) is 2. The Morgan fingerprint density at radius 2 is 0.824 bits per heavy atom. The van der Waals surface area contributed by atoms with E-state index >= 15 is 0 Å². The number of hydrogen-bond acceptors (Lipinski definition) is 4. The van der Waals surface area contributed by atoms with Gasteiger partial charge in [0.25, 0.3) is 0 Å². The van der Waals surface area contributed by atoms with Gasteiger partial charge in [-0.05, 0) is 103 Å². The number of rotatable bonds is 34. The minimum absolute atomic E-state index is 0.218. The van der Waals surface area contributed by atoms with Crippen LogP contribution in [0.15, 0.2) is 134 Å².